The fourth-order valence-corrected chi connectivity index (χ4v) is 4.53. The summed E-state index contributed by atoms with van der Waals surface area (Å²) in [7, 11) is 0. The molecule has 0 spiro atoms. The third kappa shape index (κ3) is 2.82. The molecule has 1 fully saturated rings. The first-order valence-corrected chi connectivity index (χ1v) is 10.2. The highest BCUT2D eigenvalue weighted by atomic mass is 79.9. The zero-order valence-corrected chi connectivity index (χ0v) is 16.8. The van der Waals surface area contributed by atoms with Gasteiger partial charge in [0.25, 0.3) is 5.91 Å². The number of amides is 1. The molecule has 1 atom stereocenters. The van der Waals surface area contributed by atoms with Crippen LogP contribution < -0.4 is 15.2 Å². The van der Waals surface area contributed by atoms with Gasteiger partial charge < -0.3 is 14.7 Å². The van der Waals surface area contributed by atoms with Crippen LogP contribution in [0.15, 0.2) is 39.6 Å². The fourth-order valence-electron chi connectivity index (χ4n) is 3.92. The smallest absolute Gasteiger partial charge is 0.277 e. The minimum atomic E-state index is -0.835. The molecule has 146 valence electrons. The summed E-state index contributed by atoms with van der Waals surface area (Å²) >= 11 is 3.32. The van der Waals surface area contributed by atoms with Crippen LogP contribution in [-0.4, -0.2) is 40.3 Å². The second kappa shape index (κ2) is 6.63. The van der Waals surface area contributed by atoms with Crippen molar-refractivity contribution in [2.75, 3.05) is 24.8 Å². The SMILES string of the molecule is O=C1c2c(OCc3ccccc3)c(=O)c(Br)c3n2N(CC3O)CN1CC1CC1. The quantitative estimate of drug-likeness (QED) is 0.761. The maximum absolute atomic E-state index is 13.3. The van der Waals surface area contributed by atoms with Gasteiger partial charge >= 0.3 is 0 Å². The predicted molar refractivity (Wildman–Crippen MR) is 106 cm³/mol. The average molecular weight is 446 g/mol. The van der Waals surface area contributed by atoms with E-state index >= 15 is 0 Å². The lowest BCUT2D eigenvalue weighted by Gasteiger charge is -2.37. The van der Waals surface area contributed by atoms with Crippen molar-refractivity contribution in [3.63, 3.8) is 0 Å². The van der Waals surface area contributed by atoms with Crippen molar-refractivity contribution in [3.8, 4) is 5.75 Å². The molecule has 8 heteroatoms. The number of aliphatic hydroxyl groups is 1. The highest BCUT2D eigenvalue weighted by molar-refractivity contribution is 9.10. The number of nitrogens with zero attached hydrogens (tertiary/aromatic N) is 3. The first kappa shape index (κ1) is 17.8. The second-order valence-electron chi connectivity index (χ2n) is 7.61. The van der Waals surface area contributed by atoms with E-state index in [4.69, 9.17) is 4.74 Å². The van der Waals surface area contributed by atoms with Crippen molar-refractivity contribution in [1.29, 1.82) is 0 Å². The van der Waals surface area contributed by atoms with E-state index in [1.807, 2.05) is 35.3 Å². The van der Waals surface area contributed by atoms with Crippen molar-refractivity contribution >= 4 is 21.8 Å². The van der Waals surface area contributed by atoms with Crippen molar-refractivity contribution in [3.05, 3.63) is 62.0 Å². The minimum absolute atomic E-state index is 0.0316. The lowest BCUT2D eigenvalue weighted by molar-refractivity contribution is 0.0679. The van der Waals surface area contributed by atoms with Gasteiger partial charge in [-0.05, 0) is 40.3 Å². The third-order valence-electron chi connectivity index (χ3n) is 5.49. The van der Waals surface area contributed by atoms with Crippen LogP contribution in [0.3, 0.4) is 0 Å². The number of hydrogen-bond acceptors (Lipinski definition) is 5. The second-order valence-corrected chi connectivity index (χ2v) is 8.40. The monoisotopic (exact) mass is 445 g/mol. The van der Waals surface area contributed by atoms with Gasteiger partial charge in [0.2, 0.25) is 5.43 Å². The van der Waals surface area contributed by atoms with Crippen LogP contribution in [0.4, 0.5) is 0 Å². The van der Waals surface area contributed by atoms with Crippen LogP contribution in [0, 0.1) is 5.92 Å². The Kier molecular flexibility index (Phi) is 4.21. The molecule has 2 aromatic rings. The molecule has 1 unspecified atom stereocenters. The molecule has 5 rings (SSSR count). The summed E-state index contributed by atoms with van der Waals surface area (Å²) in [5.41, 5.74) is 1.14. The molecular weight excluding hydrogens is 426 g/mol. The molecule has 7 nitrogen and oxygen atoms in total. The maximum atomic E-state index is 13.3. The highest BCUT2D eigenvalue weighted by Crippen LogP contribution is 2.37. The summed E-state index contributed by atoms with van der Waals surface area (Å²) in [6, 6.07) is 9.52. The number of halogens is 1. The predicted octanol–water partition coefficient (Wildman–Crippen LogP) is 2.00. The van der Waals surface area contributed by atoms with E-state index in [0.29, 0.717) is 31.4 Å². The number of carbonyl (C=O) groups is 1. The largest absolute Gasteiger partial charge is 0.482 e. The average Bonchev–Trinajstić information content (AvgIpc) is 3.44. The van der Waals surface area contributed by atoms with E-state index in [1.165, 1.54) is 0 Å². The molecule has 1 aromatic heterocycles. The number of hydrogen-bond donors (Lipinski definition) is 1. The summed E-state index contributed by atoms with van der Waals surface area (Å²) in [5, 5.41) is 12.4. The van der Waals surface area contributed by atoms with Crippen molar-refractivity contribution < 1.29 is 14.6 Å². The van der Waals surface area contributed by atoms with E-state index in [0.717, 1.165) is 18.4 Å². The van der Waals surface area contributed by atoms with Crippen LogP contribution in [0.1, 0.15) is 40.7 Å². The molecule has 0 radical (unpaired) electrons. The van der Waals surface area contributed by atoms with E-state index in [2.05, 4.69) is 15.9 Å². The summed E-state index contributed by atoms with van der Waals surface area (Å²) in [6.45, 7) is 1.60. The number of benzene rings is 1. The number of aliphatic hydroxyl groups excluding tert-OH is 1. The Morgan fingerprint density at radius 1 is 1.18 bits per heavy atom. The summed E-state index contributed by atoms with van der Waals surface area (Å²) < 4.78 is 7.81. The number of aromatic nitrogens is 1. The first-order valence-electron chi connectivity index (χ1n) is 9.42. The van der Waals surface area contributed by atoms with Crippen molar-refractivity contribution in [2.45, 2.75) is 25.6 Å². The number of pyridine rings is 1. The Labute approximate surface area is 170 Å². The topological polar surface area (TPSA) is 75.0 Å². The highest BCUT2D eigenvalue weighted by Gasteiger charge is 2.43. The van der Waals surface area contributed by atoms with E-state index in [-0.39, 0.29) is 28.4 Å². The van der Waals surface area contributed by atoms with Crippen LogP contribution in [0.5, 0.6) is 5.75 Å². The number of carbonyl (C=O) groups excluding carboxylic acids is 1. The maximum Gasteiger partial charge on any atom is 0.277 e. The lowest BCUT2D eigenvalue weighted by atomic mass is 10.2. The fraction of sp³-hybridized carbons (Fsp3) is 0.400. The van der Waals surface area contributed by atoms with Gasteiger partial charge in [0.05, 0.1) is 16.7 Å². The van der Waals surface area contributed by atoms with E-state index < -0.39 is 11.5 Å². The van der Waals surface area contributed by atoms with Crippen LogP contribution >= 0.6 is 15.9 Å². The van der Waals surface area contributed by atoms with Crippen LogP contribution in [0.2, 0.25) is 0 Å². The molecule has 28 heavy (non-hydrogen) atoms. The van der Waals surface area contributed by atoms with Crippen LogP contribution in [-0.2, 0) is 6.61 Å². The standard InChI is InChI=1S/C20H20BrN3O4/c21-15-16-14(25)9-23-11-22(8-12-6-7-12)20(27)17(24(16)23)19(18(15)26)28-10-13-4-2-1-3-5-13/h1-5,12,14,25H,6-11H2. The molecule has 1 aromatic carbocycles. The van der Waals surface area contributed by atoms with Gasteiger partial charge in [0.15, 0.2) is 11.4 Å². The van der Waals surface area contributed by atoms with Gasteiger partial charge in [-0.2, -0.15) is 0 Å². The molecule has 1 N–H and O–H groups in total. The number of rotatable bonds is 5. The molecule has 1 aliphatic carbocycles. The Hall–Kier alpha value is -2.32. The molecular formula is C20H20BrN3O4. The Balaban J connectivity index is 1.59. The van der Waals surface area contributed by atoms with Gasteiger partial charge in [0, 0.05) is 6.54 Å². The minimum Gasteiger partial charge on any atom is -0.482 e. The van der Waals surface area contributed by atoms with Gasteiger partial charge in [-0.15, -0.1) is 0 Å². The summed E-state index contributed by atoms with van der Waals surface area (Å²) in [6.07, 6.45) is 1.42. The van der Waals surface area contributed by atoms with Gasteiger partial charge in [-0.25, -0.2) is 4.68 Å². The van der Waals surface area contributed by atoms with Gasteiger partial charge in [0.1, 0.15) is 19.4 Å². The summed E-state index contributed by atoms with van der Waals surface area (Å²) in [4.78, 5) is 28.0. The van der Waals surface area contributed by atoms with Crippen molar-refractivity contribution in [1.82, 2.24) is 9.58 Å². The van der Waals surface area contributed by atoms with E-state index in [1.54, 1.807) is 9.58 Å². The molecule has 2 aliphatic heterocycles. The lowest BCUT2D eigenvalue weighted by Crippen LogP contribution is -2.53. The molecule has 0 bridgehead atoms. The Morgan fingerprint density at radius 3 is 2.64 bits per heavy atom. The Bertz CT molecular complexity index is 1000. The molecule has 1 amide bonds. The zero-order chi connectivity index (χ0) is 19.4. The number of ether oxygens (including phenoxy) is 1. The molecule has 3 aliphatic rings. The van der Waals surface area contributed by atoms with Gasteiger partial charge in [-0.3, -0.25) is 14.6 Å². The first-order chi connectivity index (χ1) is 13.5. The normalized spacial score (nSPS) is 20.5. The third-order valence-corrected chi connectivity index (χ3v) is 6.26. The van der Waals surface area contributed by atoms with Crippen molar-refractivity contribution in [2.24, 2.45) is 5.92 Å². The van der Waals surface area contributed by atoms with Gasteiger partial charge in [-0.1, -0.05) is 30.3 Å². The van der Waals surface area contributed by atoms with Crippen LogP contribution in [0.25, 0.3) is 0 Å². The summed E-state index contributed by atoms with van der Waals surface area (Å²) in [5.74, 6) is 0.341. The Morgan fingerprint density at radius 2 is 1.93 bits per heavy atom. The molecule has 0 saturated heterocycles. The molecule has 1 saturated carbocycles. The van der Waals surface area contributed by atoms with E-state index in [9.17, 15) is 14.7 Å². The molecule has 3 heterocycles. The zero-order valence-electron chi connectivity index (χ0n) is 15.2.